The number of hydrogen-bond donors (Lipinski definition) is 0. The number of halogens is 4. The Kier molecular flexibility index (Phi) is 4.86. The Morgan fingerprint density at radius 2 is 1.80 bits per heavy atom. The van der Waals surface area contributed by atoms with Gasteiger partial charge in [-0.05, 0) is 25.1 Å². The van der Waals surface area contributed by atoms with Crippen LogP contribution < -0.4 is 0 Å². The molecule has 0 aliphatic carbocycles. The predicted molar refractivity (Wildman–Crippen MR) is 83.4 cm³/mol. The Balaban J connectivity index is 2.34. The van der Waals surface area contributed by atoms with Crippen molar-refractivity contribution in [3.05, 3.63) is 57.3 Å². The van der Waals surface area contributed by atoms with Crippen LogP contribution >= 0.6 is 46.4 Å². The lowest BCUT2D eigenvalue weighted by Crippen LogP contribution is -2.09. The Morgan fingerprint density at radius 1 is 1.15 bits per heavy atom. The molecule has 0 amide bonds. The molecule has 1 atom stereocenters. The normalized spacial score (nSPS) is 14.4. The van der Waals surface area contributed by atoms with Crippen molar-refractivity contribution >= 4 is 52.1 Å². The molecule has 0 spiro atoms. The van der Waals surface area contributed by atoms with Crippen LogP contribution in [0.1, 0.15) is 12.5 Å². The molecule has 1 aromatic carbocycles. The molecule has 2 aromatic rings. The second kappa shape index (κ2) is 6.27. The molecule has 1 aromatic heterocycles. The highest BCUT2D eigenvalue weighted by atomic mass is 35.5. The predicted octanol–water partition coefficient (Wildman–Crippen LogP) is 6.24. The third-order valence-electron chi connectivity index (χ3n) is 2.51. The first kappa shape index (κ1) is 15.5. The Hall–Kier alpha value is -0.870. The fraction of sp³-hybridized carbons (Fsp3) is 0.154. The zero-order valence-corrected chi connectivity index (χ0v) is 13.3. The fourth-order valence-corrected chi connectivity index (χ4v) is 2.51. The van der Waals surface area contributed by atoms with Gasteiger partial charge in [0.1, 0.15) is 5.69 Å². The van der Waals surface area contributed by atoms with Crippen molar-refractivity contribution in [1.29, 1.82) is 0 Å². The lowest BCUT2D eigenvalue weighted by molar-refractivity contribution is 0.674. The van der Waals surface area contributed by atoms with Crippen LogP contribution in [-0.2, 0) is 5.00 Å². The van der Waals surface area contributed by atoms with Gasteiger partial charge in [0, 0.05) is 23.0 Å². The molecular weight excluding hydrogens is 340 g/mol. The molecule has 0 aliphatic rings. The van der Waals surface area contributed by atoms with Gasteiger partial charge in [0.2, 0.25) is 0 Å². The van der Waals surface area contributed by atoms with Crippen LogP contribution in [0.15, 0.2) is 46.9 Å². The number of benzene rings is 1. The molecule has 104 valence electrons. The minimum absolute atomic E-state index is 0.310. The molecule has 0 bridgehead atoms. The molecule has 7 heteroatoms. The largest absolute Gasteiger partial charge is 0.264 e. The average Bonchev–Trinajstić information content (AvgIpc) is 2.38. The molecule has 1 heterocycles. The summed E-state index contributed by atoms with van der Waals surface area (Å²) in [7, 11) is 0. The maximum atomic E-state index is 6.33. The van der Waals surface area contributed by atoms with Gasteiger partial charge in [0.05, 0.1) is 10.0 Å². The van der Waals surface area contributed by atoms with E-state index in [-0.39, 0.29) is 0 Å². The summed E-state index contributed by atoms with van der Waals surface area (Å²) in [6.07, 6.45) is 3.28. The first-order chi connectivity index (χ1) is 9.40. The number of nitrogens with zero attached hydrogens (tertiary/aromatic N) is 3. The number of rotatable bonds is 3. The molecule has 0 saturated heterocycles. The summed E-state index contributed by atoms with van der Waals surface area (Å²) >= 11 is 24.2. The standard InChI is InChI=1S/C13H9Cl4N3/c1-13(17,8-3-2-4-18-7-8)20-19-12-10(15)5-9(14)6-11(12)16/h2-7H,1H3. The van der Waals surface area contributed by atoms with Crippen LogP contribution in [-0.4, -0.2) is 4.98 Å². The summed E-state index contributed by atoms with van der Waals surface area (Å²) in [6, 6.07) is 6.66. The van der Waals surface area contributed by atoms with Crippen molar-refractivity contribution in [2.45, 2.75) is 11.9 Å². The van der Waals surface area contributed by atoms with Crippen molar-refractivity contribution in [2.24, 2.45) is 10.2 Å². The number of alkyl halides is 1. The third-order valence-corrected chi connectivity index (χ3v) is 3.60. The summed E-state index contributed by atoms with van der Waals surface area (Å²) in [6.45, 7) is 1.70. The maximum Gasteiger partial charge on any atom is 0.178 e. The number of hydrogen-bond acceptors (Lipinski definition) is 3. The second-order valence-electron chi connectivity index (χ2n) is 4.11. The van der Waals surface area contributed by atoms with E-state index in [0.717, 1.165) is 0 Å². The van der Waals surface area contributed by atoms with Crippen LogP contribution in [0.25, 0.3) is 0 Å². The smallest absolute Gasteiger partial charge is 0.178 e. The molecule has 0 fully saturated rings. The molecule has 1 unspecified atom stereocenters. The lowest BCUT2D eigenvalue weighted by atomic mass is 10.1. The van der Waals surface area contributed by atoms with E-state index in [0.29, 0.717) is 26.3 Å². The lowest BCUT2D eigenvalue weighted by Gasteiger charge is -2.15. The van der Waals surface area contributed by atoms with Gasteiger partial charge in [-0.3, -0.25) is 4.98 Å². The molecule has 20 heavy (non-hydrogen) atoms. The van der Waals surface area contributed by atoms with Crippen LogP contribution in [0.5, 0.6) is 0 Å². The van der Waals surface area contributed by atoms with Crippen molar-refractivity contribution < 1.29 is 0 Å². The van der Waals surface area contributed by atoms with Gasteiger partial charge in [-0.2, -0.15) is 10.2 Å². The summed E-state index contributed by atoms with van der Waals surface area (Å²) in [4.78, 5) is 2.94. The van der Waals surface area contributed by atoms with Crippen molar-refractivity contribution in [1.82, 2.24) is 4.98 Å². The van der Waals surface area contributed by atoms with E-state index in [2.05, 4.69) is 15.2 Å². The van der Waals surface area contributed by atoms with E-state index < -0.39 is 5.00 Å². The first-order valence-corrected chi connectivity index (χ1v) is 7.08. The highest BCUT2D eigenvalue weighted by Crippen LogP contribution is 2.38. The summed E-state index contributed by atoms with van der Waals surface area (Å²) < 4.78 is 0. The zero-order valence-electron chi connectivity index (χ0n) is 10.3. The SMILES string of the molecule is CC(Cl)(N=Nc1c(Cl)cc(Cl)cc1Cl)c1cccnc1. The molecule has 2 rings (SSSR count). The molecular formula is C13H9Cl4N3. The summed E-state index contributed by atoms with van der Waals surface area (Å²) in [5.41, 5.74) is 1.04. The van der Waals surface area contributed by atoms with E-state index in [9.17, 15) is 0 Å². The topological polar surface area (TPSA) is 37.6 Å². The van der Waals surface area contributed by atoms with Crippen molar-refractivity contribution in [3.63, 3.8) is 0 Å². The molecule has 0 N–H and O–H groups in total. The minimum atomic E-state index is -1.06. The number of aromatic nitrogens is 1. The number of azo groups is 1. The van der Waals surface area contributed by atoms with Gasteiger partial charge in [-0.1, -0.05) is 52.5 Å². The third kappa shape index (κ3) is 3.61. The second-order valence-corrected chi connectivity index (χ2v) is 6.10. The highest BCUT2D eigenvalue weighted by molar-refractivity contribution is 6.41. The van der Waals surface area contributed by atoms with Gasteiger partial charge < -0.3 is 0 Å². The molecule has 3 nitrogen and oxygen atoms in total. The zero-order chi connectivity index (χ0) is 14.8. The molecule has 0 saturated carbocycles. The van der Waals surface area contributed by atoms with Crippen LogP contribution in [0.4, 0.5) is 5.69 Å². The van der Waals surface area contributed by atoms with E-state index in [1.54, 1.807) is 37.5 Å². The van der Waals surface area contributed by atoms with Gasteiger partial charge in [-0.15, -0.1) is 0 Å². The quantitative estimate of drug-likeness (QED) is 0.367. The first-order valence-electron chi connectivity index (χ1n) is 5.57. The monoisotopic (exact) mass is 347 g/mol. The van der Waals surface area contributed by atoms with Crippen LogP contribution in [0.2, 0.25) is 15.1 Å². The maximum absolute atomic E-state index is 6.33. The van der Waals surface area contributed by atoms with E-state index in [4.69, 9.17) is 46.4 Å². The van der Waals surface area contributed by atoms with Crippen LogP contribution in [0.3, 0.4) is 0 Å². The Morgan fingerprint density at radius 3 is 2.35 bits per heavy atom. The molecule has 0 aliphatic heterocycles. The Bertz CT molecular complexity index is 618. The fourth-order valence-electron chi connectivity index (χ4n) is 1.46. The van der Waals surface area contributed by atoms with Gasteiger partial charge in [0.15, 0.2) is 5.00 Å². The van der Waals surface area contributed by atoms with Gasteiger partial charge in [0.25, 0.3) is 0 Å². The van der Waals surface area contributed by atoms with E-state index in [1.807, 2.05) is 6.07 Å². The Labute approximate surface area is 136 Å². The van der Waals surface area contributed by atoms with Gasteiger partial charge in [-0.25, -0.2) is 0 Å². The van der Waals surface area contributed by atoms with E-state index >= 15 is 0 Å². The van der Waals surface area contributed by atoms with Crippen molar-refractivity contribution in [3.8, 4) is 0 Å². The summed E-state index contributed by atoms with van der Waals surface area (Å²) in [5.74, 6) is 0. The minimum Gasteiger partial charge on any atom is -0.264 e. The highest BCUT2D eigenvalue weighted by Gasteiger charge is 2.23. The van der Waals surface area contributed by atoms with Gasteiger partial charge >= 0.3 is 0 Å². The number of pyridine rings is 1. The average molecular weight is 349 g/mol. The van der Waals surface area contributed by atoms with Crippen LogP contribution in [0, 0.1) is 0 Å². The molecule has 0 radical (unpaired) electrons. The van der Waals surface area contributed by atoms with E-state index in [1.165, 1.54) is 0 Å². The summed E-state index contributed by atoms with van der Waals surface area (Å²) in [5, 5.41) is 9.17. The van der Waals surface area contributed by atoms with Crippen molar-refractivity contribution in [2.75, 3.05) is 0 Å².